The summed E-state index contributed by atoms with van der Waals surface area (Å²) < 4.78 is 1.58. The molecule has 126 valence electrons. The number of pyridine rings is 1. The average Bonchev–Trinajstić information content (AvgIpc) is 2.92. The number of amides is 1. The highest BCUT2D eigenvalue weighted by molar-refractivity contribution is 6.09. The van der Waals surface area contributed by atoms with Crippen LogP contribution in [0.2, 0.25) is 0 Å². The summed E-state index contributed by atoms with van der Waals surface area (Å²) in [6.07, 6.45) is 0.690. The van der Waals surface area contributed by atoms with Crippen LogP contribution in [0.4, 0.5) is 5.69 Å². The molecule has 3 N–H and O–H groups in total. The zero-order valence-corrected chi connectivity index (χ0v) is 13.5. The van der Waals surface area contributed by atoms with Gasteiger partial charge in [0, 0.05) is 17.1 Å². The topological polar surface area (TPSA) is 91.6 Å². The Labute approximate surface area is 143 Å². The van der Waals surface area contributed by atoms with Crippen molar-refractivity contribution in [1.29, 1.82) is 0 Å². The van der Waals surface area contributed by atoms with Crippen molar-refractivity contribution in [1.82, 2.24) is 4.57 Å². The maximum Gasteiger partial charge on any atom is 0.268 e. The van der Waals surface area contributed by atoms with Gasteiger partial charge in [0.1, 0.15) is 17.1 Å². The Balaban J connectivity index is 1.87. The van der Waals surface area contributed by atoms with E-state index in [1.54, 1.807) is 10.6 Å². The average molecular weight is 336 g/mol. The second kappa shape index (κ2) is 5.37. The van der Waals surface area contributed by atoms with Gasteiger partial charge in [-0.15, -0.1) is 0 Å². The van der Waals surface area contributed by atoms with Gasteiger partial charge in [-0.2, -0.15) is 0 Å². The van der Waals surface area contributed by atoms with Crippen LogP contribution in [0.25, 0.3) is 10.9 Å². The first-order chi connectivity index (χ1) is 12.0. The van der Waals surface area contributed by atoms with E-state index in [9.17, 15) is 19.8 Å². The lowest BCUT2D eigenvalue weighted by atomic mass is 10.1. The molecule has 3 aromatic rings. The number of phenols is 1. The van der Waals surface area contributed by atoms with Crippen molar-refractivity contribution < 1.29 is 15.0 Å². The fourth-order valence-electron chi connectivity index (χ4n) is 3.46. The summed E-state index contributed by atoms with van der Waals surface area (Å²) in [6.45, 7) is 1.92. The smallest absolute Gasteiger partial charge is 0.268 e. The van der Waals surface area contributed by atoms with E-state index in [4.69, 9.17) is 0 Å². The Kier molecular flexibility index (Phi) is 3.28. The van der Waals surface area contributed by atoms with Gasteiger partial charge in [-0.3, -0.25) is 9.59 Å². The second-order valence-corrected chi connectivity index (χ2v) is 6.27. The third kappa shape index (κ3) is 2.26. The largest absolute Gasteiger partial charge is 0.508 e. The fourth-order valence-corrected chi connectivity index (χ4v) is 3.46. The van der Waals surface area contributed by atoms with Crippen LogP contribution in [0.3, 0.4) is 0 Å². The Bertz CT molecular complexity index is 1070. The molecule has 0 saturated heterocycles. The van der Waals surface area contributed by atoms with Crippen LogP contribution in [-0.4, -0.2) is 20.7 Å². The lowest BCUT2D eigenvalue weighted by Gasteiger charge is -2.14. The molecule has 0 spiro atoms. The summed E-state index contributed by atoms with van der Waals surface area (Å²) in [5.74, 6) is -0.909. The third-order valence-corrected chi connectivity index (χ3v) is 4.59. The number of carbonyl (C=O) groups is 1. The number of phenolic OH excluding ortho intramolecular Hbond substituents is 1. The van der Waals surface area contributed by atoms with Crippen LogP contribution in [-0.2, 0) is 6.42 Å². The van der Waals surface area contributed by atoms with Gasteiger partial charge in [-0.05, 0) is 49.2 Å². The molecular formula is C19H16N2O4. The third-order valence-electron chi connectivity index (χ3n) is 4.59. The van der Waals surface area contributed by atoms with Crippen molar-refractivity contribution in [3.8, 4) is 11.5 Å². The number of aromatic hydroxyl groups is 2. The van der Waals surface area contributed by atoms with Crippen molar-refractivity contribution >= 4 is 22.5 Å². The summed E-state index contributed by atoms with van der Waals surface area (Å²) in [5, 5.41) is 23.0. The highest BCUT2D eigenvalue weighted by Crippen LogP contribution is 2.36. The number of nitrogens with zero attached hydrogens (tertiary/aromatic N) is 1. The molecule has 4 rings (SSSR count). The lowest BCUT2D eigenvalue weighted by molar-refractivity contribution is 0.102. The summed E-state index contributed by atoms with van der Waals surface area (Å²) in [6, 6.07) is 11.3. The Morgan fingerprint density at radius 3 is 2.60 bits per heavy atom. The molecule has 0 radical (unpaired) electrons. The van der Waals surface area contributed by atoms with Gasteiger partial charge in [-0.1, -0.05) is 12.1 Å². The van der Waals surface area contributed by atoms with Crippen LogP contribution in [0.1, 0.15) is 28.9 Å². The maximum absolute atomic E-state index is 12.9. The fraction of sp³-hybridized carbons (Fsp3) is 0.158. The second-order valence-electron chi connectivity index (χ2n) is 6.27. The van der Waals surface area contributed by atoms with E-state index in [0.29, 0.717) is 23.0 Å². The lowest BCUT2D eigenvalue weighted by Crippen LogP contribution is -2.30. The minimum Gasteiger partial charge on any atom is -0.508 e. The quantitative estimate of drug-likeness (QED) is 0.628. The molecule has 1 atom stereocenters. The number of benzene rings is 2. The highest BCUT2D eigenvalue weighted by Gasteiger charge is 2.29. The summed E-state index contributed by atoms with van der Waals surface area (Å²) in [5.41, 5.74) is 1.33. The van der Waals surface area contributed by atoms with Crippen LogP contribution in [0, 0.1) is 0 Å². The van der Waals surface area contributed by atoms with Crippen LogP contribution in [0.5, 0.6) is 11.5 Å². The number of rotatable bonds is 2. The molecule has 1 aliphatic rings. The zero-order valence-electron chi connectivity index (χ0n) is 13.5. The molecule has 1 aliphatic heterocycles. The monoisotopic (exact) mass is 336 g/mol. The number of hydrogen-bond donors (Lipinski definition) is 3. The molecule has 0 bridgehead atoms. The highest BCUT2D eigenvalue weighted by atomic mass is 16.3. The summed E-state index contributed by atoms with van der Waals surface area (Å²) in [7, 11) is 0. The minimum absolute atomic E-state index is 0.0705. The van der Waals surface area contributed by atoms with Gasteiger partial charge < -0.3 is 20.1 Å². The number of hydrogen-bond acceptors (Lipinski definition) is 4. The SMILES string of the molecule is CC1Cc2cccc3c(O)c(C(=O)Nc4ccc(O)cc4)c(=O)n1c23. The molecule has 1 unspecified atom stereocenters. The van der Waals surface area contributed by atoms with Gasteiger partial charge in [0.2, 0.25) is 0 Å². The summed E-state index contributed by atoms with van der Waals surface area (Å²) >= 11 is 0. The number of anilines is 1. The number of nitrogens with one attached hydrogen (secondary N) is 1. The Morgan fingerprint density at radius 2 is 1.88 bits per heavy atom. The van der Waals surface area contributed by atoms with Gasteiger partial charge in [0.25, 0.3) is 11.5 Å². The van der Waals surface area contributed by atoms with Crippen LogP contribution in [0.15, 0.2) is 47.3 Å². The van der Waals surface area contributed by atoms with E-state index in [-0.39, 0.29) is 23.1 Å². The predicted molar refractivity (Wildman–Crippen MR) is 94.3 cm³/mol. The van der Waals surface area contributed by atoms with Crippen molar-refractivity contribution in [2.45, 2.75) is 19.4 Å². The standard InChI is InChI=1S/C19H16N2O4/c1-10-9-11-3-2-4-14-16(11)21(10)19(25)15(17(14)23)18(24)20-12-5-7-13(22)8-6-12/h2-8,10,22-23H,9H2,1H3,(H,20,24). The number of para-hydroxylation sites is 1. The molecule has 25 heavy (non-hydrogen) atoms. The summed E-state index contributed by atoms with van der Waals surface area (Å²) in [4.78, 5) is 25.5. The number of carbonyl (C=O) groups excluding carboxylic acids is 1. The Morgan fingerprint density at radius 1 is 1.16 bits per heavy atom. The predicted octanol–water partition coefficient (Wildman–Crippen LogP) is 2.78. The van der Waals surface area contributed by atoms with Crippen LogP contribution < -0.4 is 10.9 Å². The van der Waals surface area contributed by atoms with E-state index in [0.717, 1.165) is 5.56 Å². The first-order valence-corrected chi connectivity index (χ1v) is 7.97. The normalized spacial score (nSPS) is 15.5. The molecular weight excluding hydrogens is 320 g/mol. The minimum atomic E-state index is -0.677. The molecule has 0 aliphatic carbocycles. The maximum atomic E-state index is 12.9. The van der Waals surface area contributed by atoms with Crippen molar-refractivity contribution in [3.63, 3.8) is 0 Å². The van der Waals surface area contributed by atoms with Crippen molar-refractivity contribution in [2.75, 3.05) is 5.32 Å². The van der Waals surface area contributed by atoms with E-state index >= 15 is 0 Å². The zero-order chi connectivity index (χ0) is 17.7. The molecule has 6 heteroatoms. The Hall–Kier alpha value is -3.28. The molecule has 1 aromatic heterocycles. The van der Waals surface area contributed by atoms with E-state index in [2.05, 4.69) is 5.32 Å². The molecule has 6 nitrogen and oxygen atoms in total. The van der Waals surface area contributed by atoms with Crippen LogP contribution >= 0.6 is 0 Å². The first-order valence-electron chi connectivity index (χ1n) is 7.97. The van der Waals surface area contributed by atoms with Gasteiger partial charge >= 0.3 is 0 Å². The van der Waals surface area contributed by atoms with Gasteiger partial charge in [-0.25, -0.2) is 0 Å². The number of aromatic nitrogens is 1. The van der Waals surface area contributed by atoms with E-state index in [1.165, 1.54) is 24.3 Å². The molecule has 2 aromatic carbocycles. The van der Waals surface area contributed by atoms with E-state index < -0.39 is 11.5 Å². The first kappa shape index (κ1) is 15.3. The van der Waals surface area contributed by atoms with Crippen molar-refractivity contribution in [3.05, 3.63) is 63.9 Å². The van der Waals surface area contributed by atoms with E-state index in [1.807, 2.05) is 19.1 Å². The van der Waals surface area contributed by atoms with Gasteiger partial charge in [0.15, 0.2) is 0 Å². The molecule has 1 amide bonds. The molecule has 0 fully saturated rings. The molecule has 2 heterocycles. The van der Waals surface area contributed by atoms with Crippen molar-refractivity contribution in [2.24, 2.45) is 0 Å². The molecule has 0 saturated carbocycles. The van der Waals surface area contributed by atoms with Gasteiger partial charge in [0.05, 0.1) is 5.52 Å².